The molecule has 2 aromatic rings. The number of carbonyl (C=O) groups is 1. The molecule has 0 aliphatic rings. The summed E-state index contributed by atoms with van der Waals surface area (Å²) in [6, 6.07) is 9.62. The summed E-state index contributed by atoms with van der Waals surface area (Å²) in [7, 11) is 1.96. The number of halogens is 1. The van der Waals surface area contributed by atoms with Crippen LogP contribution in [-0.4, -0.2) is 31.2 Å². The first kappa shape index (κ1) is 16.8. The van der Waals surface area contributed by atoms with Gasteiger partial charge in [-0.2, -0.15) is 0 Å². The highest BCUT2D eigenvalue weighted by Crippen LogP contribution is 2.28. The predicted octanol–water partition coefficient (Wildman–Crippen LogP) is 1.85. The van der Waals surface area contributed by atoms with Crippen LogP contribution in [0.25, 0.3) is 10.8 Å². The molecule has 1 amide bonds. The van der Waals surface area contributed by atoms with Crippen LogP contribution >= 0.6 is 15.9 Å². The van der Waals surface area contributed by atoms with Gasteiger partial charge in [0.15, 0.2) is 6.54 Å². The monoisotopic (exact) mass is 365 g/mol. The molecule has 0 saturated heterocycles. The molecular formula is C17H22BrN2O2+. The van der Waals surface area contributed by atoms with E-state index in [1.54, 1.807) is 6.07 Å². The molecule has 118 valence electrons. The fraction of sp³-hybridized carbons (Fsp3) is 0.353. The fourth-order valence-electron chi connectivity index (χ4n) is 2.50. The van der Waals surface area contributed by atoms with Gasteiger partial charge in [0.25, 0.3) is 5.91 Å². The van der Waals surface area contributed by atoms with Crippen LogP contribution in [0.15, 0.2) is 34.8 Å². The number of quaternary nitrogens is 1. The first-order chi connectivity index (χ1) is 10.5. The number of benzene rings is 2. The largest absolute Gasteiger partial charge is 0.507 e. The summed E-state index contributed by atoms with van der Waals surface area (Å²) in [6.07, 6.45) is 0.934. The molecule has 0 aromatic heterocycles. The first-order valence-electron chi connectivity index (χ1n) is 7.49. The Kier molecular flexibility index (Phi) is 5.80. The lowest BCUT2D eigenvalue weighted by molar-refractivity contribution is -0.885. The molecule has 0 bridgehead atoms. The van der Waals surface area contributed by atoms with Crippen molar-refractivity contribution in [1.82, 2.24) is 5.32 Å². The van der Waals surface area contributed by atoms with Gasteiger partial charge in [-0.15, -0.1) is 0 Å². The average molecular weight is 366 g/mol. The van der Waals surface area contributed by atoms with Crippen LogP contribution in [-0.2, 0) is 11.3 Å². The Morgan fingerprint density at radius 3 is 2.82 bits per heavy atom. The minimum Gasteiger partial charge on any atom is -0.507 e. The van der Waals surface area contributed by atoms with Gasteiger partial charge in [-0.3, -0.25) is 4.79 Å². The highest BCUT2D eigenvalue weighted by molar-refractivity contribution is 9.10. The summed E-state index contributed by atoms with van der Waals surface area (Å²) >= 11 is 3.46. The number of phenolic OH excluding ortho intramolecular Hbond substituents is 1. The van der Waals surface area contributed by atoms with Gasteiger partial charge in [0.2, 0.25) is 0 Å². The van der Waals surface area contributed by atoms with Crippen molar-refractivity contribution >= 4 is 32.6 Å². The molecule has 0 aliphatic heterocycles. The number of rotatable bonds is 6. The molecule has 1 unspecified atom stereocenters. The van der Waals surface area contributed by atoms with Crippen molar-refractivity contribution in [2.75, 3.05) is 20.1 Å². The summed E-state index contributed by atoms with van der Waals surface area (Å²) in [4.78, 5) is 12.8. The van der Waals surface area contributed by atoms with Gasteiger partial charge in [-0.05, 0) is 35.4 Å². The molecule has 0 spiro atoms. The quantitative estimate of drug-likeness (QED) is 0.731. The first-order valence-corrected chi connectivity index (χ1v) is 8.28. The Bertz CT molecular complexity index is 673. The number of carbonyl (C=O) groups excluding carboxylic acids is 1. The fourth-order valence-corrected chi connectivity index (χ4v) is 2.88. The van der Waals surface area contributed by atoms with E-state index in [4.69, 9.17) is 0 Å². The van der Waals surface area contributed by atoms with Crippen molar-refractivity contribution in [3.05, 3.63) is 40.4 Å². The topological polar surface area (TPSA) is 53.8 Å². The maximum atomic E-state index is 11.8. The maximum absolute atomic E-state index is 11.8. The van der Waals surface area contributed by atoms with Crippen LogP contribution in [0.2, 0.25) is 0 Å². The molecule has 4 nitrogen and oxygen atoms in total. The van der Waals surface area contributed by atoms with Gasteiger partial charge in [-0.25, -0.2) is 0 Å². The molecule has 0 saturated carbocycles. The highest BCUT2D eigenvalue weighted by atomic mass is 79.9. The third-order valence-electron chi connectivity index (χ3n) is 3.58. The van der Waals surface area contributed by atoms with Crippen molar-refractivity contribution in [1.29, 1.82) is 0 Å². The Balaban J connectivity index is 2.16. The Morgan fingerprint density at radius 1 is 1.32 bits per heavy atom. The summed E-state index contributed by atoms with van der Waals surface area (Å²) in [5.41, 5.74) is 0.880. The molecular weight excluding hydrogens is 344 g/mol. The molecule has 1 atom stereocenters. The van der Waals surface area contributed by atoms with Crippen LogP contribution in [0.5, 0.6) is 5.75 Å². The zero-order valence-electron chi connectivity index (χ0n) is 12.9. The van der Waals surface area contributed by atoms with Gasteiger partial charge in [0.1, 0.15) is 12.3 Å². The lowest BCUT2D eigenvalue weighted by Gasteiger charge is -2.16. The zero-order valence-corrected chi connectivity index (χ0v) is 14.5. The summed E-state index contributed by atoms with van der Waals surface area (Å²) in [6.45, 7) is 3.74. The third-order valence-corrected chi connectivity index (χ3v) is 4.07. The molecule has 0 heterocycles. The number of likely N-dealkylation sites (N-methyl/N-ethyl adjacent to an activating group) is 1. The van der Waals surface area contributed by atoms with Gasteiger partial charge in [-0.1, -0.05) is 35.0 Å². The van der Waals surface area contributed by atoms with Gasteiger partial charge in [0, 0.05) is 11.0 Å². The molecule has 0 aliphatic carbocycles. The van der Waals surface area contributed by atoms with E-state index in [0.29, 0.717) is 19.6 Å². The Morgan fingerprint density at radius 2 is 2.09 bits per heavy atom. The van der Waals surface area contributed by atoms with E-state index < -0.39 is 0 Å². The van der Waals surface area contributed by atoms with Gasteiger partial charge >= 0.3 is 0 Å². The zero-order chi connectivity index (χ0) is 16.1. The summed E-state index contributed by atoms with van der Waals surface area (Å²) < 4.78 is 1.01. The highest BCUT2D eigenvalue weighted by Gasteiger charge is 2.15. The standard InChI is InChI=1S/C17H21BrN2O2/c1-3-8-19-17(22)11-20(2)10-15-14-6-5-13(18)9-12(14)4-7-16(15)21/h4-7,9,21H,3,8,10-11H2,1-2H3,(H,19,22)/p+1. The molecule has 2 rings (SSSR count). The molecule has 0 radical (unpaired) electrons. The number of fused-ring (bicyclic) bond motifs is 1. The van der Waals surface area contributed by atoms with Crippen LogP contribution in [0, 0.1) is 0 Å². The van der Waals surface area contributed by atoms with E-state index in [1.807, 2.05) is 38.2 Å². The summed E-state index contributed by atoms with van der Waals surface area (Å²) in [5, 5.41) is 15.2. The number of nitrogens with one attached hydrogen (secondary N) is 2. The number of hydrogen-bond donors (Lipinski definition) is 3. The van der Waals surface area contributed by atoms with Crippen LogP contribution in [0.4, 0.5) is 0 Å². The van der Waals surface area contributed by atoms with Crippen molar-refractivity contribution in [3.63, 3.8) is 0 Å². The number of aromatic hydroxyl groups is 1. The molecule has 22 heavy (non-hydrogen) atoms. The molecule has 5 heteroatoms. The van der Waals surface area contributed by atoms with Crippen LogP contribution in [0.3, 0.4) is 0 Å². The van der Waals surface area contributed by atoms with Crippen molar-refractivity contribution in [2.24, 2.45) is 0 Å². The predicted molar refractivity (Wildman–Crippen MR) is 92.1 cm³/mol. The minimum atomic E-state index is 0.0434. The van der Waals surface area contributed by atoms with E-state index in [1.165, 1.54) is 0 Å². The van der Waals surface area contributed by atoms with Crippen molar-refractivity contribution < 1.29 is 14.8 Å². The van der Waals surface area contributed by atoms with E-state index in [9.17, 15) is 9.90 Å². The number of phenols is 1. The third kappa shape index (κ3) is 4.21. The summed E-state index contributed by atoms with van der Waals surface area (Å²) in [5.74, 6) is 0.324. The van der Waals surface area contributed by atoms with E-state index in [0.717, 1.165) is 32.1 Å². The smallest absolute Gasteiger partial charge is 0.275 e. The van der Waals surface area contributed by atoms with Gasteiger partial charge in [0.05, 0.1) is 12.6 Å². The average Bonchev–Trinajstić information content (AvgIpc) is 2.48. The van der Waals surface area contributed by atoms with E-state index in [-0.39, 0.29) is 11.7 Å². The maximum Gasteiger partial charge on any atom is 0.275 e. The van der Waals surface area contributed by atoms with E-state index >= 15 is 0 Å². The molecule has 3 N–H and O–H groups in total. The van der Waals surface area contributed by atoms with Crippen LogP contribution < -0.4 is 10.2 Å². The molecule has 2 aromatic carbocycles. The second-order valence-electron chi connectivity index (χ2n) is 5.59. The molecule has 0 fully saturated rings. The van der Waals surface area contributed by atoms with Crippen molar-refractivity contribution in [3.8, 4) is 5.75 Å². The minimum absolute atomic E-state index is 0.0434. The van der Waals surface area contributed by atoms with Crippen LogP contribution in [0.1, 0.15) is 18.9 Å². The SMILES string of the molecule is CCCNC(=O)C[NH+](C)Cc1c(O)ccc2cc(Br)ccc12. The normalized spacial score (nSPS) is 12.3. The lowest BCUT2D eigenvalue weighted by atomic mass is 10.0. The Hall–Kier alpha value is -1.59. The number of hydrogen-bond acceptors (Lipinski definition) is 2. The number of amides is 1. The second kappa shape index (κ2) is 7.61. The Labute approximate surface area is 139 Å². The van der Waals surface area contributed by atoms with E-state index in [2.05, 4.69) is 21.2 Å². The lowest BCUT2D eigenvalue weighted by Crippen LogP contribution is -3.08. The van der Waals surface area contributed by atoms with Crippen molar-refractivity contribution in [2.45, 2.75) is 19.9 Å². The second-order valence-corrected chi connectivity index (χ2v) is 6.50. The van der Waals surface area contributed by atoms with Gasteiger partial charge < -0.3 is 15.3 Å².